The van der Waals surface area contributed by atoms with Crippen molar-refractivity contribution in [2.75, 3.05) is 17.3 Å². The molecule has 128 valence electrons. The molecule has 8 heteroatoms. The first-order valence-electron chi connectivity index (χ1n) is 7.58. The minimum Gasteiger partial charge on any atom is -0.444 e. The zero-order valence-corrected chi connectivity index (χ0v) is 14.6. The number of thioether (sulfide) groups is 1. The van der Waals surface area contributed by atoms with Crippen LogP contribution in [-0.2, 0) is 21.2 Å². The number of nitrogens with one attached hydrogen (secondary N) is 1. The summed E-state index contributed by atoms with van der Waals surface area (Å²) in [6, 6.07) is 7.68. The molecule has 1 aliphatic rings. The van der Waals surface area contributed by atoms with Crippen molar-refractivity contribution in [3.63, 3.8) is 0 Å². The molecule has 0 saturated carbocycles. The van der Waals surface area contributed by atoms with Crippen molar-refractivity contribution in [3.8, 4) is 11.3 Å². The molecule has 3 rings (SSSR count). The normalized spacial score (nSPS) is 19.2. The fourth-order valence-electron chi connectivity index (χ4n) is 2.48. The van der Waals surface area contributed by atoms with E-state index in [-0.39, 0.29) is 28.4 Å². The highest BCUT2D eigenvalue weighted by Crippen LogP contribution is 2.24. The van der Waals surface area contributed by atoms with Crippen molar-refractivity contribution >= 4 is 27.5 Å². The lowest BCUT2D eigenvalue weighted by Gasteiger charge is -2.08. The maximum Gasteiger partial charge on any atom is 0.230 e. The highest BCUT2D eigenvalue weighted by Gasteiger charge is 2.28. The van der Waals surface area contributed by atoms with Gasteiger partial charge in [-0.1, -0.05) is 24.3 Å². The molecule has 0 bridgehead atoms. The number of carbonyl (C=O) groups is 1. The maximum absolute atomic E-state index is 11.9. The summed E-state index contributed by atoms with van der Waals surface area (Å²) in [5.74, 6) is 1.34. The number of hydrogen-bond acceptors (Lipinski definition) is 6. The van der Waals surface area contributed by atoms with E-state index in [9.17, 15) is 13.2 Å². The van der Waals surface area contributed by atoms with Crippen molar-refractivity contribution in [2.45, 2.75) is 18.2 Å². The minimum absolute atomic E-state index is 0.0435. The predicted molar refractivity (Wildman–Crippen MR) is 93.3 cm³/mol. The maximum atomic E-state index is 11.9. The standard InChI is InChI=1S/C16H18N2O4S2/c19-16(9-23-14-5-6-24(20,21)10-14)18-7-12-1-3-13(4-2-12)15-8-17-11-22-15/h1-4,8,11,14H,5-7,9-10H2,(H,18,19). The van der Waals surface area contributed by atoms with Crippen molar-refractivity contribution < 1.29 is 17.6 Å². The zero-order valence-electron chi connectivity index (χ0n) is 13.0. The molecule has 1 amide bonds. The van der Waals surface area contributed by atoms with Crippen LogP contribution in [0.25, 0.3) is 11.3 Å². The highest BCUT2D eigenvalue weighted by molar-refractivity contribution is 8.02. The van der Waals surface area contributed by atoms with Crippen LogP contribution in [0.4, 0.5) is 0 Å². The van der Waals surface area contributed by atoms with Crippen LogP contribution in [0.3, 0.4) is 0 Å². The smallest absolute Gasteiger partial charge is 0.230 e. The van der Waals surface area contributed by atoms with Crippen LogP contribution in [0.1, 0.15) is 12.0 Å². The summed E-state index contributed by atoms with van der Waals surface area (Å²) in [7, 11) is -2.89. The Labute approximate surface area is 145 Å². The van der Waals surface area contributed by atoms with E-state index < -0.39 is 9.84 Å². The number of oxazole rings is 1. The quantitative estimate of drug-likeness (QED) is 0.840. The average Bonchev–Trinajstić information content (AvgIpc) is 3.21. The summed E-state index contributed by atoms with van der Waals surface area (Å²) in [6.45, 7) is 0.443. The zero-order chi connectivity index (χ0) is 17.0. The Morgan fingerprint density at radius 1 is 1.33 bits per heavy atom. The summed E-state index contributed by atoms with van der Waals surface area (Å²) < 4.78 is 28.0. The molecule has 2 heterocycles. The van der Waals surface area contributed by atoms with Crippen molar-refractivity contribution in [1.29, 1.82) is 0 Å². The van der Waals surface area contributed by atoms with Gasteiger partial charge in [0.1, 0.15) is 0 Å². The van der Waals surface area contributed by atoms with E-state index in [1.54, 1.807) is 6.20 Å². The Balaban J connectivity index is 1.43. The molecule has 1 aliphatic heterocycles. The van der Waals surface area contributed by atoms with E-state index in [1.807, 2.05) is 24.3 Å². The van der Waals surface area contributed by atoms with Gasteiger partial charge in [0.25, 0.3) is 0 Å². The topological polar surface area (TPSA) is 89.3 Å². The van der Waals surface area contributed by atoms with E-state index in [0.717, 1.165) is 11.1 Å². The monoisotopic (exact) mass is 366 g/mol. The van der Waals surface area contributed by atoms with Crippen LogP contribution in [-0.4, -0.2) is 41.8 Å². The molecule has 0 radical (unpaired) electrons. The van der Waals surface area contributed by atoms with E-state index >= 15 is 0 Å². The molecule has 1 aromatic carbocycles. The molecule has 1 unspecified atom stereocenters. The number of aromatic nitrogens is 1. The summed E-state index contributed by atoms with van der Waals surface area (Å²) in [5.41, 5.74) is 1.92. The highest BCUT2D eigenvalue weighted by atomic mass is 32.2. The first-order valence-corrected chi connectivity index (χ1v) is 10.5. The van der Waals surface area contributed by atoms with Gasteiger partial charge in [0.2, 0.25) is 5.91 Å². The number of carbonyl (C=O) groups excluding carboxylic acids is 1. The van der Waals surface area contributed by atoms with E-state index in [4.69, 9.17) is 4.42 Å². The molecule has 2 aromatic rings. The van der Waals surface area contributed by atoms with Crippen LogP contribution in [0, 0.1) is 0 Å². The lowest BCUT2D eigenvalue weighted by molar-refractivity contribution is -0.118. The molecule has 6 nitrogen and oxygen atoms in total. The Morgan fingerprint density at radius 2 is 2.12 bits per heavy atom. The summed E-state index contributed by atoms with van der Waals surface area (Å²) in [5, 5.41) is 2.90. The fraction of sp³-hybridized carbons (Fsp3) is 0.375. The van der Waals surface area contributed by atoms with Crippen molar-refractivity contribution in [1.82, 2.24) is 10.3 Å². The predicted octanol–water partition coefficient (Wildman–Crippen LogP) is 1.88. The number of sulfone groups is 1. The number of amides is 1. The fourth-order valence-corrected chi connectivity index (χ4v) is 5.96. The van der Waals surface area contributed by atoms with Gasteiger partial charge in [0.05, 0.1) is 23.5 Å². The van der Waals surface area contributed by atoms with Gasteiger partial charge in [0, 0.05) is 17.4 Å². The van der Waals surface area contributed by atoms with Gasteiger partial charge < -0.3 is 9.73 Å². The molecule has 24 heavy (non-hydrogen) atoms. The minimum atomic E-state index is -2.89. The SMILES string of the molecule is O=C(CSC1CCS(=O)(=O)C1)NCc1ccc(-c2cnco2)cc1. The average molecular weight is 366 g/mol. The Kier molecular flexibility index (Phi) is 5.25. The molecular weight excluding hydrogens is 348 g/mol. The summed E-state index contributed by atoms with van der Waals surface area (Å²) >= 11 is 1.42. The molecule has 1 aromatic heterocycles. The second-order valence-electron chi connectivity index (χ2n) is 5.68. The molecular formula is C16H18N2O4S2. The van der Waals surface area contributed by atoms with Gasteiger partial charge in [0.15, 0.2) is 22.0 Å². The van der Waals surface area contributed by atoms with Gasteiger partial charge in [-0.15, -0.1) is 11.8 Å². The molecule has 1 N–H and O–H groups in total. The lowest BCUT2D eigenvalue weighted by atomic mass is 10.1. The number of hydrogen-bond donors (Lipinski definition) is 1. The van der Waals surface area contributed by atoms with Gasteiger partial charge in [-0.05, 0) is 12.0 Å². The van der Waals surface area contributed by atoms with Crippen LogP contribution < -0.4 is 5.32 Å². The van der Waals surface area contributed by atoms with Gasteiger partial charge >= 0.3 is 0 Å². The first kappa shape index (κ1) is 17.0. The first-order chi connectivity index (χ1) is 11.5. The number of nitrogens with zero attached hydrogens (tertiary/aromatic N) is 1. The Bertz CT molecular complexity index is 786. The largest absolute Gasteiger partial charge is 0.444 e. The van der Waals surface area contributed by atoms with Crippen LogP contribution in [0.2, 0.25) is 0 Å². The Morgan fingerprint density at radius 3 is 2.75 bits per heavy atom. The van der Waals surface area contributed by atoms with Crippen LogP contribution in [0.15, 0.2) is 41.3 Å². The molecule has 1 saturated heterocycles. The van der Waals surface area contributed by atoms with Gasteiger partial charge in [-0.3, -0.25) is 4.79 Å². The third-order valence-electron chi connectivity index (χ3n) is 3.80. The van der Waals surface area contributed by atoms with E-state index in [1.165, 1.54) is 18.2 Å². The van der Waals surface area contributed by atoms with E-state index in [2.05, 4.69) is 10.3 Å². The van der Waals surface area contributed by atoms with Crippen LogP contribution >= 0.6 is 11.8 Å². The third-order valence-corrected chi connectivity index (χ3v) is 7.08. The van der Waals surface area contributed by atoms with Crippen LogP contribution in [0.5, 0.6) is 0 Å². The van der Waals surface area contributed by atoms with E-state index in [0.29, 0.717) is 18.7 Å². The van der Waals surface area contributed by atoms with Gasteiger partial charge in [-0.25, -0.2) is 13.4 Å². The summed E-state index contributed by atoms with van der Waals surface area (Å²) in [4.78, 5) is 15.8. The number of rotatable bonds is 6. The Hall–Kier alpha value is -1.80. The van der Waals surface area contributed by atoms with Crippen molar-refractivity contribution in [3.05, 3.63) is 42.4 Å². The number of benzene rings is 1. The molecule has 1 atom stereocenters. The lowest BCUT2D eigenvalue weighted by Crippen LogP contribution is -2.25. The molecule has 1 fully saturated rings. The molecule has 0 aliphatic carbocycles. The van der Waals surface area contributed by atoms with Gasteiger partial charge in [-0.2, -0.15) is 0 Å². The third kappa shape index (κ3) is 4.61. The second-order valence-corrected chi connectivity index (χ2v) is 9.19. The second kappa shape index (κ2) is 7.40. The van der Waals surface area contributed by atoms with Crippen molar-refractivity contribution in [2.24, 2.45) is 0 Å². The summed E-state index contributed by atoms with van der Waals surface area (Å²) in [6.07, 6.45) is 3.68. The molecule has 0 spiro atoms.